The Morgan fingerprint density at radius 1 is 1.17 bits per heavy atom. The number of benzene rings is 2. The van der Waals surface area contributed by atoms with Gasteiger partial charge in [-0.15, -0.1) is 0 Å². The Balaban J connectivity index is 1.54. The SMILES string of the molecule is CCCc1[nH]n(-c2nc3ccccc3s2)c(=O)c1C(C)=NC1Cc2ccccc2C1. The average Bonchev–Trinajstić information content (AvgIpc) is 3.42. The molecule has 0 amide bonds. The van der Waals surface area contributed by atoms with Crippen molar-refractivity contribution in [2.24, 2.45) is 4.99 Å². The first-order valence-electron chi connectivity index (χ1n) is 10.5. The van der Waals surface area contributed by atoms with Gasteiger partial charge in [0, 0.05) is 11.4 Å². The van der Waals surface area contributed by atoms with Gasteiger partial charge in [0.2, 0.25) is 5.13 Å². The third-order valence-corrected chi connectivity index (χ3v) is 6.73. The second kappa shape index (κ2) is 7.69. The minimum atomic E-state index is -0.0609. The van der Waals surface area contributed by atoms with E-state index in [1.165, 1.54) is 22.5 Å². The van der Waals surface area contributed by atoms with Crippen LogP contribution in [-0.2, 0) is 19.3 Å². The highest BCUT2D eigenvalue weighted by atomic mass is 32.1. The first-order chi connectivity index (χ1) is 14.6. The summed E-state index contributed by atoms with van der Waals surface area (Å²) in [5.74, 6) is 0. The van der Waals surface area contributed by atoms with Crippen molar-refractivity contribution in [3.8, 4) is 5.13 Å². The van der Waals surface area contributed by atoms with Crippen LogP contribution in [0.3, 0.4) is 0 Å². The molecule has 152 valence electrons. The van der Waals surface area contributed by atoms with E-state index in [-0.39, 0.29) is 11.6 Å². The second-order valence-corrected chi connectivity index (χ2v) is 8.87. The number of nitrogens with zero attached hydrogens (tertiary/aromatic N) is 3. The van der Waals surface area contributed by atoms with Crippen molar-refractivity contribution >= 4 is 27.3 Å². The van der Waals surface area contributed by atoms with Crippen molar-refractivity contribution in [1.82, 2.24) is 14.8 Å². The van der Waals surface area contributed by atoms with Crippen molar-refractivity contribution in [1.29, 1.82) is 0 Å². The molecule has 4 aromatic rings. The lowest BCUT2D eigenvalue weighted by Gasteiger charge is -2.06. The van der Waals surface area contributed by atoms with Crippen LogP contribution in [0.1, 0.15) is 42.7 Å². The topological polar surface area (TPSA) is 63.0 Å². The average molecular weight is 417 g/mol. The minimum absolute atomic E-state index is 0.0609. The van der Waals surface area contributed by atoms with E-state index < -0.39 is 0 Å². The molecule has 5 nitrogen and oxygen atoms in total. The highest BCUT2D eigenvalue weighted by Crippen LogP contribution is 2.26. The van der Waals surface area contributed by atoms with E-state index in [9.17, 15) is 4.79 Å². The van der Waals surface area contributed by atoms with E-state index in [0.29, 0.717) is 10.7 Å². The molecular weight excluding hydrogens is 392 g/mol. The number of aryl methyl sites for hydroxylation is 1. The quantitative estimate of drug-likeness (QED) is 0.479. The van der Waals surface area contributed by atoms with Crippen LogP contribution in [0.4, 0.5) is 0 Å². The number of fused-ring (bicyclic) bond motifs is 2. The Labute approximate surface area is 179 Å². The smallest absolute Gasteiger partial charge is 0.282 e. The molecule has 0 bridgehead atoms. The summed E-state index contributed by atoms with van der Waals surface area (Å²) >= 11 is 1.52. The second-order valence-electron chi connectivity index (χ2n) is 7.87. The van der Waals surface area contributed by atoms with Crippen LogP contribution in [0.2, 0.25) is 0 Å². The molecule has 0 spiro atoms. The first kappa shape index (κ1) is 19.0. The van der Waals surface area contributed by atoms with Crippen molar-refractivity contribution in [3.05, 3.63) is 81.3 Å². The van der Waals surface area contributed by atoms with Gasteiger partial charge in [0.25, 0.3) is 5.56 Å². The first-order valence-corrected chi connectivity index (χ1v) is 11.3. The van der Waals surface area contributed by atoms with E-state index in [2.05, 4.69) is 41.3 Å². The normalized spacial score (nSPS) is 14.5. The third-order valence-electron chi connectivity index (χ3n) is 5.71. The van der Waals surface area contributed by atoms with Gasteiger partial charge in [0.1, 0.15) is 0 Å². The number of para-hydroxylation sites is 1. The fourth-order valence-electron chi connectivity index (χ4n) is 4.34. The van der Waals surface area contributed by atoms with E-state index in [4.69, 9.17) is 4.99 Å². The summed E-state index contributed by atoms with van der Waals surface area (Å²) in [7, 11) is 0. The van der Waals surface area contributed by atoms with Crippen molar-refractivity contribution < 1.29 is 0 Å². The molecule has 0 saturated carbocycles. The summed E-state index contributed by atoms with van der Waals surface area (Å²) in [6, 6.07) is 16.7. The van der Waals surface area contributed by atoms with Gasteiger partial charge >= 0.3 is 0 Å². The number of nitrogens with one attached hydrogen (secondary N) is 1. The Morgan fingerprint density at radius 2 is 1.87 bits per heavy atom. The third kappa shape index (κ3) is 3.31. The van der Waals surface area contributed by atoms with E-state index in [1.54, 1.807) is 4.68 Å². The Hall–Kier alpha value is -2.99. The molecule has 30 heavy (non-hydrogen) atoms. The predicted molar refractivity (Wildman–Crippen MR) is 123 cm³/mol. The lowest BCUT2D eigenvalue weighted by Crippen LogP contribution is -2.21. The van der Waals surface area contributed by atoms with Crippen molar-refractivity contribution in [2.75, 3.05) is 0 Å². The zero-order chi connectivity index (χ0) is 20.7. The number of rotatable bonds is 5. The number of aromatic amines is 1. The molecule has 1 N–H and O–H groups in total. The lowest BCUT2D eigenvalue weighted by atomic mass is 10.1. The van der Waals surface area contributed by atoms with Crippen LogP contribution < -0.4 is 5.56 Å². The van der Waals surface area contributed by atoms with Crippen molar-refractivity contribution in [2.45, 2.75) is 45.6 Å². The van der Waals surface area contributed by atoms with E-state index in [0.717, 1.165) is 47.3 Å². The van der Waals surface area contributed by atoms with Crippen LogP contribution in [0, 0.1) is 0 Å². The molecule has 2 heterocycles. The molecule has 0 fully saturated rings. The van der Waals surface area contributed by atoms with Crippen LogP contribution in [0.25, 0.3) is 15.3 Å². The maximum atomic E-state index is 13.4. The van der Waals surface area contributed by atoms with Gasteiger partial charge in [-0.25, -0.2) is 4.98 Å². The summed E-state index contributed by atoms with van der Waals surface area (Å²) in [5, 5.41) is 3.99. The minimum Gasteiger partial charge on any atom is -0.292 e. The maximum Gasteiger partial charge on any atom is 0.282 e. The van der Waals surface area contributed by atoms with Gasteiger partial charge in [-0.2, -0.15) is 4.68 Å². The van der Waals surface area contributed by atoms with Gasteiger partial charge in [-0.3, -0.25) is 14.9 Å². The largest absolute Gasteiger partial charge is 0.292 e. The zero-order valence-corrected chi connectivity index (χ0v) is 18.0. The number of aromatic nitrogens is 3. The summed E-state index contributed by atoms with van der Waals surface area (Å²) in [5.41, 5.74) is 6.05. The standard InChI is InChI=1S/C24H24N4OS/c1-3-8-20-22(15(2)25-18-13-16-9-4-5-10-17(16)14-18)23(29)28(27-20)24-26-19-11-6-7-12-21(19)30-24/h4-7,9-12,18,27H,3,8,13-14H2,1-2H3. The summed E-state index contributed by atoms with van der Waals surface area (Å²) < 4.78 is 2.66. The fourth-order valence-corrected chi connectivity index (χ4v) is 5.27. The zero-order valence-electron chi connectivity index (χ0n) is 17.2. The number of thiazole rings is 1. The molecule has 2 aromatic carbocycles. The highest BCUT2D eigenvalue weighted by molar-refractivity contribution is 7.20. The Kier molecular flexibility index (Phi) is 4.87. The maximum absolute atomic E-state index is 13.4. The molecule has 1 aliphatic rings. The van der Waals surface area contributed by atoms with Gasteiger partial charge in [0.15, 0.2) is 0 Å². The molecule has 0 unspecified atom stereocenters. The van der Waals surface area contributed by atoms with Gasteiger partial charge in [-0.1, -0.05) is 61.1 Å². The van der Waals surface area contributed by atoms with E-state index in [1.807, 2.05) is 31.2 Å². The van der Waals surface area contributed by atoms with Gasteiger partial charge in [0.05, 0.1) is 21.8 Å². The molecular formula is C24H24N4OS. The molecule has 0 atom stereocenters. The molecule has 0 aliphatic heterocycles. The van der Waals surface area contributed by atoms with Gasteiger partial charge in [-0.05, 0) is 49.4 Å². The van der Waals surface area contributed by atoms with Gasteiger partial charge < -0.3 is 0 Å². The fraction of sp³-hybridized carbons (Fsp3) is 0.292. The summed E-state index contributed by atoms with van der Waals surface area (Å²) in [6.07, 6.45) is 3.63. The summed E-state index contributed by atoms with van der Waals surface area (Å²) in [4.78, 5) is 23.0. The molecule has 0 radical (unpaired) electrons. The number of hydrogen-bond acceptors (Lipinski definition) is 4. The Morgan fingerprint density at radius 3 is 2.57 bits per heavy atom. The van der Waals surface area contributed by atoms with E-state index >= 15 is 0 Å². The van der Waals surface area contributed by atoms with Crippen LogP contribution in [0.15, 0.2) is 58.3 Å². The van der Waals surface area contributed by atoms with Crippen molar-refractivity contribution in [3.63, 3.8) is 0 Å². The number of hydrogen-bond donors (Lipinski definition) is 1. The molecule has 2 aromatic heterocycles. The highest BCUT2D eigenvalue weighted by Gasteiger charge is 2.23. The number of aliphatic imine (C=N–C) groups is 1. The molecule has 5 rings (SSSR count). The number of H-pyrrole nitrogens is 1. The van der Waals surface area contributed by atoms with Crippen LogP contribution in [-0.4, -0.2) is 26.5 Å². The monoisotopic (exact) mass is 416 g/mol. The molecule has 0 saturated heterocycles. The predicted octanol–water partition coefficient (Wildman–Crippen LogP) is 4.70. The Bertz CT molecular complexity index is 1250. The summed E-state index contributed by atoms with van der Waals surface area (Å²) in [6.45, 7) is 4.09. The molecule has 1 aliphatic carbocycles. The molecule has 6 heteroatoms. The lowest BCUT2D eigenvalue weighted by molar-refractivity contribution is 0.723. The van der Waals surface area contributed by atoms with Crippen LogP contribution >= 0.6 is 11.3 Å². The van der Waals surface area contributed by atoms with Crippen LogP contribution in [0.5, 0.6) is 0 Å².